The van der Waals surface area contributed by atoms with Crippen molar-refractivity contribution in [2.75, 3.05) is 5.32 Å². The number of nitrogens with zero attached hydrogens (tertiary/aromatic N) is 2. The highest BCUT2D eigenvalue weighted by Gasteiger charge is 2.05. The molecule has 0 atom stereocenters. The number of aromatic nitrogens is 2. The Morgan fingerprint density at radius 3 is 2.83 bits per heavy atom. The van der Waals surface area contributed by atoms with Gasteiger partial charge in [-0.1, -0.05) is 13.0 Å². The molecule has 0 amide bonds. The van der Waals surface area contributed by atoms with Crippen LogP contribution in [0.1, 0.15) is 23.7 Å². The topological polar surface area (TPSA) is 50.1 Å². The van der Waals surface area contributed by atoms with Gasteiger partial charge in [0.15, 0.2) is 0 Å². The summed E-state index contributed by atoms with van der Waals surface area (Å²) < 4.78 is 1.84. The number of hydrogen-bond acceptors (Lipinski definition) is 3. The first-order chi connectivity index (χ1) is 8.60. The van der Waals surface area contributed by atoms with E-state index in [9.17, 15) is 5.11 Å². The molecular weight excluding hydrogens is 226 g/mol. The Bertz CT molecular complexity index is 546. The number of aromatic hydroxyl groups is 1. The molecule has 96 valence electrons. The lowest BCUT2D eigenvalue weighted by Crippen LogP contribution is -2.01. The highest BCUT2D eigenvalue weighted by Crippen LogP contribution is 2.21. The lowest BCUT2D eigenvalue weighted by Gasteiger charge is -2.07. The zero-order chi connectivity index (χ0) is 13.1. The minimum absolute atomic E-state index is 0.321. The van der Waals surface area contributed by atoms with Crippen LogP contribution in [0.4, 0.5) is 5.69 Å². The Morgan fingerprint density at radius 2 is 2.17 bits per heavy atom. The second kappa shape index (κ2) is 5.12. The molecule has 0 saturated carbocycles. The Kier molecular flexibility index (Phi) is 3.55. The van der Waals surface area contributed by atoms with Crippen LogP contribution in [0.25, 0.3) is 0 Å². The summed E-state index contributed by atoms with van der Waals surface area (Å²) in [6.07, 6.45) is 2.96. The molecule has 0 aliphatic carbocycles. The first-order valence-corrected chi connectivity index (χ1v) is 6.15. The van der Waals surface area contributed by atoms with Crippen molar-refractivity contribution in [3.8, 4) is 5.75 Å². The van der Waals surface area contributed by atoms with Crippen molar-refractivity contribution in [2.45, 2.75) is 26.8 Å². The number of anilines is 1. The maximum absolute atomic E-state index is 9.65. The van der Waals surface area contributed by atoms with Gasteiger partial charge in [-0.25, -0.2) is 0 Å². The van der Waals surface area contributed by atoms with E-state index in [1.807, 2.05) is 37.0 Å². The predicted octanol–water partition coefficient (Wildman–Crippen LogP) is 2.61. The number of phenolic OH excluding ortho intramolecular Hbond substituents is 1. The molecule has 0 unspecified atom stereocenters. The van der Waals surface area contributed by atoms with Gasteiger partial charge in [0, 0.05) is 37.1 Å². The van der Waals surface area contributed by atoms with E-state index in [1.54, 1.807) is 6.07 Å². The van der Waals surface area contributed by atoms with Crippen molar-refractivity contribution in [1.82, 2.24) is 9.78 Å². The van der Waals surface area contributed by atoms with Crippen LogP contribution in [0.15, 0.2) is 24.4 Å². The predicted molar refractivity (Wildman–Crippen MR) is 72.8 cm³/mol. The van der Waals surface area contributed by atoms with Crippen molar-refractivity contribution in [3.05, 3.63) is 41.2 Å². The number of hydrogen-bond donors (Lipinski definition) is 2. The molecule has 0 fully saturated rings. The van der Waals surface area contributed by atoms with Crippen molar-refractivity contribution in [1.29, 1.82) is 0 Å². The molecular formula is C14H19N3O. The summed E-state index contributed by atoms with van der Waals surface area (Å²) in [6, 6.07) is 5.62. The zero-order valence-electron chi connectivity index (χ0n) is 11.1. The maximum Gasteiger partial charge on any atom is 0.120 e. The van der Waals surface area contributed by atoms with Gasteiger partial charge in [0.2, 0.25) is 0 Å². The quantitative estimate of drug-likeness (QED) is 0.870. The van der Waals surface area contributed by atoms with Crippen LogP contribution in [0.5, 0.6) is 5.75 Å². The maximum atomic E-state index is 9.65. The second-order valence-electron chi connectivity index (χ2n) is 4.48. The van der Waals surface area contributed by atoms with E-state index in [0.29, 0.717) is 5.75 Å². The number of rotatable bonds is 4. The smallest absolute Gasteiger partial charge is 0.120 e. The highest BCUT2D eigenvalue weighted by molar-refractivity contribution is 5.51. The monoisotopic (exact) mass is 245 g/mol. The molecule has 0 spiro atoms. The fraction of sp³-hybridized carbons (Fsp3) is 0.357. The van der Waals surface area contributed by atoms with Gasteiger partial charge in [-0.05, 0) is 25.0 Å². The van der Waals surface area contributed by atoms with Gasteiger partial charge in [-0.15, -0.1) is 0 Å². The molecule has 18 heavy (non-hydrogen) atoms. The normalized spacial score (nSPS) is 10.6. The van der Waals surface area contributed by atoms with Crippen LogP contribution >= 0.6 is 0 Å². The average Bonchev–Trinajstić information content (AvgIpc) is 2.71. The summed E-state index contributed by atoms with van der Waals surface area (Å²) in [5.41, 5.74) is 4.11. The fourth-order valence-corrected chi connectivity index (χ4v) is 1.95. The van der Waals surface area contributed by atoms with Crippen LogP contribution in [0, 0.1) is 6.92 Å². The number of phenols is 1. The van der Waals surface area contributed by atoms with Crippen LogP contribution in [0.3, 0.4) is 0 Å². The van der Waals surface area contributed by atoms with Gasteiger partial charge in [0.25, 0.3) is 0 Å². The molecule has 0 aliphatic heterocycles. The summed E-state index contributed by atoms with van der Waals surface area (Å²) in [4.78, 5) is 0. The minimum Gasteiger partial charge on any atom is -0.508 e. The van der Waals surface area contributed by atoms with Crippen LogP contribution in [0.2, 0.25) is 0 Å². The molecule has 1 aromatic heterocycles. The largest absolute Gasteiger partial charge is 0.508 e. The lowest BCUT2D eigenvalue weighted by atomic mass is 10.2. The molecule has 0 aliphatic rings. The van der Waals surface area contributed by atoms with Gasteiger partial charge < -0.3 is 10.4 Å². The standard InChI is InChI=1S/C14H19N3O/c1-4-13-11(9-17(3)16-13)8-15-12-6-5-10(2)14(18)7-12/h5-7,9,15,18H,4,8H2,1-3H3. The third-order valence-corrected chi connectivity index (χ3v) is 3.02. The molecule has 2 N–H and O–H groups in total. The van der Waals surface area contributed by atoms with E-state index in [4.69, 9.17) is 0 Å². The number of nitrogens with one attached hydrogen (secondary N) is 1. The van der Waals surface area contributed by atoms with Crippen LogP contribution in [-0.2, 0) is 20.0 Å². The summed E-state index contributed by atoms with van der Waals surface area (Å²) in [5, 5.41) is 17.3. The SMILES string of the molecule is CCc1nn(C)cc1CNc1ccc(C)c(O)c1. The third kappa shape index (κ3) is 2.64. The van der Waals surface area contributed by atoms with E-state index >= 15 is 0 Å². The Morgan fingerprint density at radius 1 is 1.39 bits per heavy atom. The molecule has 0 bridgehead atoms. The van der Waals surface area contributed by atoms with Gasteiger partial charge in [-0.2, -0.15) is 5.10 Å². The van der Waals surface area contributed by atoms with Gasteiger partial charge in [0.05, 0.1) is 5.69 Å². The number of benzene rings is 1. The van der Waals surface area contributed by atoms with Crippen LogP contribution in [-0.4, -0.2) is 14.9 Å². The van der Waals surface area contributed by atoms with Crippen molar-refractivity contribution < 1.29 is 5.11 Å². The summed E-state index contributed by atoms with van der Waals surface area (Å²) in [5.74, 6) is 0.321. The van der Waals surface area contributed by atoms with Gasteiger partial charge in [-0.3, -0.25) is 4.68 Å². The second-order valence-corrected chi connectivity index (χ2v) is 4.48. The van der Waals surface area contributed by atoms with E-state index in [1.165, 1.54) is 5.56 Å². The Hall–Kier alpha value is -1.97. The molecule has 2 aromatic rings. The van der Waals surface area contributed by atoms with Crippen LogP contribution < -0.4 is 5.32 Å². The minimum atomic E-state index is 0.321. The van der Waals surface area contributed by atoms with Gasteiger partial charge >= 0.3 is 0 Å². The summed E-state index contributed by atoms with van der Waals surface area (Å²) in [7, 11) is 1.93. The molecule has 1 heterocycles. The number of aryl methyl sites for hydroxylation is 3. The van der Waals surface area contributed by atoms with Crippen molar-refractivity contribution in [2.24, 2.45) is 7.05 Å². The molecule has 0 radical (unpaired) electrons. The summed E-state index contributed by atoms with van der Waals surface area (Å²) in [6.45, 7) is 4.71. The van der Waals surface area contributed by atoms with E-state index < -0.39 is 0 Å². The van der Waals surface area contributed by atoms with Gasteiger partial charge in [0.1, 0.15) is 5.75 Å². The Balaban J connectivity index is 2.08. The Labute approximate surface area is 107 Å². The van der Waals surface area contributed by atoms with E-state index in [0.717, 1.165) is 29.9 Å². The lowest BCUT2D eigenvalue weighted by molar-refractivity contribution is 0.471. The zero-order valence-corrected chi connectivity index (χ0v) is 11.1. The third-order valence-electron chi connectivity index (χ3n) is 3.02. The average molecular weight is 245 g/mol. The van der Waals surface area contributed by atoms with E-state index in [-0.39, 0.29) is 0 Å². The van der Waals surface area contributed by atoms with E-state index in [2.05, 4.69) is 17.3 Å². The molecule has 0 saturated heterocycles. The van der Waals surface area contributed by atoms with Crippen molar-refractivity contribution in [3.63, 3.8) is 0 Å². The molecule has 4 heteroatoms. The first-order valence-electron chi connectivity index (χ1n) is 6.15. The fourth-order valence-electron chi connectivity index (χ4n) is 1.95. The molecule has 2 rings (SSSR count). The molecule has 1 aromatic carbocycles. The first kappa shape index (κ1) is 12.5. The summed E-state index contributed by atoms with van der Waals surface area (Å²) >= 11 is 0. The highest BCUT2D eigenvalue weighted by atomic mass is 16.3. The molecule has 4 nitrogen and oxygen atoms in total. The van der Waals surface area contributed by atoms with Crippen molar-refractivity contribution >= 4 is 5.69 Å².